The van der Waals surface area contributed by atoms with Crippen LogP contribution in [0.3, 0.4) is 0 Å². The summed E-state index contributed by atoms with van der Waals surface area (Å²) in [4.78, 5) is 81.6. The SMILES string of the molecule is CCOc1nc2c(cc1C(=O)Nc1cccc(-c3cnn(C)c3)n1)CC(C)(CCn1cc(-c3cccc(NC(=O)c4cc5c(nc4OC)OC(C)(CC4CC4n4cccc(NC(=O)c6cc7c(nc6N6CCC(O)CC6)OC(C)(C)C7)c4=O)C5)n3)cn1)O2. The van der Waals surface area contributed by atoms with Gasteiger partial charge in [0.15, 0.2) is 0 Å². The first-order chi connectivity index (χ1) is 42.3. The highest BCUT2D eigenvalue weighted by Gasteiger charge is 2.48. The predicted octanol–water partition coefficient (Wildman–Crippen LogP) is 8.05. The van der Waals surface area contributed by atoms with Crippen molar-refractivity contribution < 1.29 is 43.2 Å². The second kappa shape index (κ2) is 22.5. The van der Waals surface area contributed by atoms with Crippen LogP contribution in [-0.2, 0) is 32.9 Å². The molecule has 4 unspecified atom stereocenters. The molecule has 0 aromatic carbocycles. The molecule has 3 amide bonds. The number of hydrogen-bond acceptors (Lipinski definition) is 18. The molecule has 8 aromatic rings. The Hall–Kier alpha value is -9.71. The number of pyridine rings is 6. The average Bonchev–Trinajstić information content (AvgIpc) is 1.79. The Kier molecular flexibility index (Phi) is 14.7. The highest BCUT2D eigenvalue weighted by atomic mass is 16.5. The molecule has 24 nitrogen and oxygen atoms in total. The van der Waals surface area contributed by atoms with Crippen molar-refractivity contribution in [2.45, 2.75) is 121 Å². The fraction of sp³-hybridized carbons (Fsp3) is 0.391. The maximum atomic E-state index is 14.1. The lowest BCUT2D eigenvalue weighted by atomic mass is 9.93. The van der Waals surface area contributed by atoms with Crippen molar-refractivity contribution in [3.05, 3.63) is 141 Å². The van der Waals surface area contributed by atoms with Gasteiger partial charge in [-0.1, -0.05) is 12.1 Å². The van der Waals surface area contributed by atoms with E-state index in [9.17, 15) is 24.3 Å². The summed E-state index contributed by atoms with van der Waals surface area (Å²) in [6.07, 6.45) is 13.1. The number of nitrogens with one attached hydrogen (secondary N) is 3. The summed E-state index contributed by atoms with van der Waals surface area (Å²) in [5.41, 5.74) is 4.02. The lowest BCUT2D eigenvalue weighted by Crippen LogP contribution is -2.37. The average molecular weight is 1190 g/mol. The lowest BCUT2D eigenvalue weighted by molar-refractivity contribution is 0.0917. The van der Waals surface area contributed by atoms with Crippen LogP contribution in [0, 0.1) is 5.92 Å². The van der Waals surface area contributed by atoms with Gasteiger partial charge in [0.25, 0.3) is 23.3 Å². The first-order valence-electron chi connectivity index (χ1n) is 29.7. The van der Waals surface area contributed by atoms with Crippen LogP contribution in [0.15, 0.2) is 103 Å². The van der Waals surface area contributed by atoms with E-state index in [0.29, 0.717) is 123 Å². The molecule has 24 heteroatoms. The standard InChI is InChI=1S/C64H68N14O10/c1-8-85-60-45(55(82)71-50-15-9-12-46(67-50)40-32-65-75(6)34-40)26-38-30-63(4,87-58(38)74-60)19-23-77-35-41(33-66-77)47-13-10-16-51(68-47)70-54(81)44-25-39-31-64(5,88-57(39)73-59(44)84-7)29-36-27-49(36)78-20-11-14-48(61(78)83)69-53(80)43-24-37-28-62(2,3)86-56(37)72-52(43)76-21-17-42(79)18-22-76/h9-16,20,24-26,32-36,42,49,79H,8,17-19,21-23,27-31H2,1-7H3,(H,69,80)(H,67,71,82)(H,68,70,81). The summed E-state index contributed by atoms with van der Waals surface area (Å²) in [6.45, 7) is 11.6. The third-order valence-electron chi connectivity index (χ3n) is 16.8. The van der Waals surface area contributed by atoms with E-state index in [-0.39, 0.29) is 46.1 Å². The van der Waals surface area contributed by atoms with Crippen LogP contribution >= 0.6 is 0 Å². The fourth-order valence-electron chi connectivity index (χ4n) is 12.4. The molecule has 12 heterocycles. The van der Waals surface area contributed by atoms with Gasteiger partial charge in [0, 0.05) is 105 Å². The van der Waals surface area contributed by atoms with Gasteiger partial charge in [-0.25, -0.2) is 9.97 Å². The van der Waals surface area contributed by atoms with Crippen LogP contribution in [0.25, 0.3) is 22.5 Å². The van der Waals surface area contributed by atoms with E-state index in [1.807, 2.05) is 87.9 Å². The van der Waals surface area contributed by atoms with Crippen LogP contribution in [0.4, 0.5) is 23.1 Å². The second-order valence-electron chi connectivity index (χ2n) is 24.5. The van der Waals surface area contributed by atoms with Gasteiger partial charge < -0.3 is 54.2 Å². The van der Waals surface area contributed by atoms with E-state index in [0.717, 1.165) is 34.2 Å². The number of rotatable bonds is 18. The fourth-order valence-corrected chi connectivity index (χ4v) is 12.4. The molecule has 4 atom stereocenters. The molecule has 4 N–H and O–H groups in total. The van der Waals surface area contributed by atoms with Crippen molar-refractivity contribution in [1.82, 2.24) is 49.0 Å². The summed E-state index contributed by atoms with van der Waals surface area (Å²) >= 11 is 0. The summed E-state index contributed by atoms with van der Waals surface area (Å²) in [5.74, 6) is 1.47. The molecule has 1 saturated carbocycles. The minimum Gasteiger partial charge on any atom is -0.480 e. The smallest absolute Gasteiger partial charge is 0.274 e. The lowest BCUT2D eigenvalue weighted by Gasteiger charge is -2.31. The van der Waals surface area contributed by atoms with Crippen LogP contribution in [0.5, 0.6) is 29.4 Å². The zero-order valence-electron chi connectivity index (χ0n) is 50.0. The number of aromatic nitrogens is 10. The molecule has 1 saturated heterocycles. The molecule has 5 aliphatic rings. The summed E-state index contributed by atoms with van der Waals surface area (Å²) in [7, 11) is 3.28. The molecule has 8 aromatic heterocycles. The van der Waals surface area contributed by atoms with Crippen molar-refractivity contribution in [3.63, 3.8) is 0 Å². The Balaban J connectivity index is 0.624. The number of carbonyl (C=O) groups is 3. The molecule has 4 aliphatic heterocycles. The van der Waals surface area contributed by atoms with Gasteiger partial charge in [-0.3, -0.25) is 28.5 Å². The molecule has 0 spiro atoms. The second-order valence-corrected chi connectivity index (χ2v) is 24.5. The van der Waals surface area contributed by atoms with Crippen molar-refractivity contribution in [2.75, 3.05) is 47.7 Å². The van der Waals surface area contributed by atoms with E-state index in [1.165, 1.54) is 7.11 Å². The number of fused-ring (bicyclic) bond motifs is 3. The van der Waals surface area contributed by atoms with Crippen molar-refractivity contribution >= 4 is 40.9 Å². The number of carbonyl (C=O) groups excluding carboxylic acids is 3. The van der Waals surface area contributed by atoms with Crippen LogP contribution in [-0.4, -0.2) is 122 Å². The van der Waals surface area contributed by atoms with Crippen molar-refractivity contribution in [2.24, 2.45) is 13.0 Å². The van der Waals surface area contributed by atoms with Gasteiger partial charge in [-0.05, 0) is 121 Å². The molecule has 1 aliphatic carbocycles. The first kappa shape index (κ1) is 57.4. The maximum Gasteiger partial charge on any atom is 0.274 e. The highest BCUT2D eigenvalue weighted by molar-refractivity contribution is 6.08. The largest absolute Gasteiger partial charge is 0.480 e. The predicted molar refractivity (Wildman–Crippen MR) is 325 cm³/mol. The van der Waals surface area contributed by atoms with E-state index in [1.54, 1.807) is 70.3 Å². The van der Waals surface area contributed by atoms with Gasteiger partial charge >= 0.3 is 0 Å². The number of piperidine rings is 1. The Morgan fingerprint density at radius 2 is 1.31 bits per heavy atom. The third kappa shape index (κ3) is 11.7. The Morgan fingerprint density at radius 1 is 0.705 bits per heavy atom. The summed E-state index contributed by atoms with van der Waals surface area (Å²) < 4.78 is 35.8. The highest BCUT2D eigenvalue weighted by Crippen LogP contribution is 2.51. The number of ether oxygens (including phenoxy) is 5. The monoisotopic (exact) mass is 1190 g/mol. The van der Waals surface area contributed by atoms with Gasteiger partial charge in [0.2, 0.25) is 29.4 Å². The zero-order valence-corrected chi connectivity index (χ0v) is 50.0. The van der Waals surface area contributed by atoms with E-state index >= 15 is 0 Å². The molecule has 0 radical (unpaired) electrons. The number of hydrogen-bond donors (Lipinski definition) is 4. The van der Waals surface area contributed by atoms with E-state index in [2.05, 4.69) is 41.1 Å². The van der Waals surface area contributed by atoms with E-state index < -0.39 is 40.6 Å². The number of amides is 3. The van der Waals surface area contributed by atoms with Crippen LogP contribution in [0.2, 0.25) is 0 Å². The molecular weight excluding hydrogens is 1120 g/mol. The van der Waals surface area contributed by atoms with Crippen molar-refractivity contribution in [1.29, 1.82) is 0 Å². The Morgan fingerprint density at radius 3 is 1.98 bits per heavy atom. The third-order valence-corrected chi connectivity index (χ3v) is 16.8. The van der Waals surface area contributed by atoms with Crippen LogP contribution < -0.4 is 50.1 Å². The molecule has 13 rings (SSSR count). The van der Waals surface area contributed by atoms with Gasteiger partial charge in [0.05, 0.1) is 49.2 Å². The zero-order chi connectivity index (χ0) is 61.2. The normalized spacial score (nSPS) is 20.4. The number of aliphatic hydroxyl groups is 1. The number of anilines is 4. The Bertz CT molecular complexity index is 4130. The number of aliphatic hydroxyl groups excluding tert-OH is 1. The van der Waals surface area contributed by atoms with Gasteiger partial charge in [-0.2, -0.15) is 25.1 Å². The van der Waals surface area contributed by atoms with Gasteiger partial charge in [-0.15, -0.1) is 0 Å². The molecular formula is C64H68N14O10. The van der Waals surface area contributed by atoms with Crippen molar-refractivity contribution in [3.8, 4) is 51.9 Å². The quantitative estimate of drug-likeness (QED) is 0.0632. The summed E-state index contributed by atoms with van der Waals surface area (Å²) in [6, 6.07) is 19.4. The molecule has 454 valence electrons. The minimum absolute atomic E-state index is 0.0862. The van der Waals surface area contributed by atoms with E-state index in [4.69, 9.17) is 33.7 Å². The topological polar surface area (TPSA) is 279 Å². The first-order valence-corrected chi connectivity index (χ1v) is 29.7. The maximum absolute atomic E-state index is 14.1. The number of nitrogens with zero attached hydrogens (tertiary/aromatic N) is 11. The van der Waals surface area contributed by atoms with Crippen LogP contribution in [0.1, 0.15) is 121 Å². The van der Waals surface area contributed by atoms with Gasteiger partial charge in [0.1, 0.15) is 51.1 Å². The molecule has 0 bridgehead atoms. The summed E-state index contributed by atoms with van der Waals surface area (Å²) in [5, 5.41) is 27.8. The molecule has 2 fully saturated rings. The Labute approximate surface area is 506 Å². The number of aryl methyl sites for hydroxylation is 2. The number of methoxy groups -OCH3 is 1. The minimum atomic E-state index is -0.694. The molecule has 88 heavy (non-hydrogen) atoms.